The first kappa shape index (κ1) is 59.6. The first-order chi connectivity index (χ1) is 38.8. The normalized spacial score (nSPS) is 18.0. The molecule has 17 nitrogen and oxygen atoms in total. The summed E-state index contributed by atoms with van der Waals surface area (Å²) in [4.78, 5) is 80.6. The topological polar surface area (TPSA) is 229 Å². The number of para-hydroxylation sites is 1. The number of carbonyl (C=O) groups excluding carboxylic acids is 6. The molecule has 4 aromatic rings. The fourth-order valence-electron chi connectivity index (χ4n) is 9.61. The van der Waals surface area contributed by atoms with E-state index in [1.807, 2.05) is 24.3 Å². The zero-order valence-electron chi connectivity index (χ0n) is 45.1. The fraction of sp³-hybridized carbons (Fsp3) is 0.413. The Labute approximate surface area is 466 Å². The van der Waals surface area contributed by atoms with E-state index in [4.69, 9.17) is 37.9 Å². The number of ether oxygens (including phenoxy) is 8. The van der Waals surface area contributed by atoms with E-state index in [1.54, 1.807) is 48.5 Å². The van der Waals surface area contributed by atoms with Crippen LogP contribution in [-0.2, 0) is 44.7 Å². The highest BCUT2D eigenvalue weighted by Crippen LogP contribution is 2.37. The molecular formula is C63H71NO16. The van der Waals surface area contributed by atoms with Gasteiger partial charge in [0, 0.05) is 18.6 Å². The summed E-state index contributed by atoms with van der Waals surface area (Å²) < 4.78 is 44.8. The van der Waals surface area contributed by atoms with Crippen molar-refractivity contribution in [2.24, 2.45) is 28.7 Å². The molecule has 80 heavy (non-hydrogen) atoms. The Bertz CT molecular complexity index is 2820. The van der Waals surface area contributed by atoms with Crippen molar-refractivity contribution in [2.75, 3.05) is 26.4 Å². The molecule has 1 atom stereocenters. The summed E-state index contributed by atoms with van der Waals surface area (Å²) in [5.74, 6) is -3.01. The molecule has 0 bridgehead atoms. The molecule has 2 N–H and O–H groups in total. The number of hydrogen-bond donors (Lipinski definition) is 2. The van der Waals surface area contributed by atoms with Crippen LogP contribution in [0.4, 0.5) is 5.69 Å². The second kappa shape index (κ2) is 30.9. The molecule has 1 heterocycles. The van der Waals surface area contributed by atoms with E-state index in [1.165, 1.54) is 24.3 Å². The van der Waals surface area contributed by atoms with E-state index in [0.29, 0.717) is 119 Å². The summed E-state index contributed by atoms with van der Waals surface area (Å²) in [6.45, 7) is 8.51. The number of hydrogen-bond acceptors (Lipinski definition) is 17. The van der Waals surface area contributed by atoms with Gasteiger partial charge in [-0.15, -0.1) is 0 Å². The van der Waals surface area contributed by atoms with Crippen molar-refractivity contribution >= 4 is 53.0 Å². The monoisotopic (exact) mass is 1100 g/mol. The molecule has 0 saturated heterocycles. The molecular weight excluding hydrogens is 1030 g/mol. The Morgan fingerprint density at radius 3 is 1.36 bits per heavy atom. The summed E-state index contributed by atoms with van der Waals surface area (Å²) in [6.07, 6.45) is 12.4. The van der Waals surface area contributed by atoms with Gasteiger partial charge in [0.05, 0.1) is 67.1 Å². The molecule has 1 aliphatic heterocycles. The van der Waals surface area contributed by atoms with Crippen LogP contribution in [0.3, 0.4) is 0 Å². The maximum atomic E-state index is 13.8. The van der Waals surface area contributed by atoms with Gasteiger partial charge < -0.3 is 48.1 Å². The number of aliphatic imine (C=N–C) groups is 1. The first-order valence-electron chi connectivity index (χ1n) is 27.6. The standard InChI is InChI=1S/C63H71NO16/c1-3-58(67)75-37-13-7-5-11-35-73-47-25-29-49(30-26-47)77-60(69)42-17-19-44(20-18-42)62(71)79-51-33-34-57(52(40-51)55(65)41-56(66)54-39-46-15-9-10-16-53(46)64-54)80-63(72)45-23-21-43(22-24-45)61(70)78-50-31-27-48(28-32-50)74-36-12-6-8-14-38-76-59(68)4-2/h3-4,9-10,15-16,25-34,40-45,56,65-66H,1-2,5-8,11-14,17-24,35-39H2/b55-41-. The van der Waals surface area contributed by atoms with Gasteiger partial charge in [-0.3, -0.25) is 24.2 Å². The minimum atomic E-state index is -1.30. The zero-order valence-corrected chi connectivity index (χ0v) is 45.1. The van der Waals surface area contributed by atoms with E-state index in [2.05, 4.69) is 18.2 Å². The van der Waals surface area contributed by atoms with Gasteiger partial charge in [0.1, 0.15) is 46.4 Å². The van der Waals surface area contributed by atoms with E-state index in [-0.39, 0.29) is 23.0 Å². The molecule has 7 rings (SSSR count). The molecule has 2 aliphatic carbocycles. The highest BCUT2D eigenvalue weighted by Gasteiger charge is 2.35. The van der Waals surface area contributed by atoms with E-state index < -0.39 is 65.4 Å². The number of rotatable bonds is 29. The molecule has 0 aromatic heterocycles. The van der Waals surface area contributed by atoms with Gasteiger partial charge in [-0.25, -0.2) is 9.59 Å². The molecule has 0 amide bonds. The molecule has 2 fully saturated rings. The van der Waals surface area contributed by atoms with Crippen molar-refractivity contribution in [3.63, 3.8) is 0 Å². The van der Waals surface area contributed by atoms with Gasteiger partial charge in [0.25, 0.3) is 0 Å². The van der Waals surface area contributed by atoms with Crippen molar-refractivity contribution in [3.8, 4) is 34.5 Å². The van der Waals surface area contributed by atoms with Crippen LogP contribution >= 0.6 is 0 Å². The van der Waals surface area contributed by atoms with Gasteiger partial charge in [0.15, 0.2) is 0 Å². The Hall–Kier alpha value is -8.05. The third kappa shape index (κ3) is 18.5. The fourth-order valence-corrected chi connectivity index (χ4v) is 9.61. The van der Waals surface area contributed by atoms with Gasteiger partial charge in [-0.2, -0.15) is 0 Å². The average Bonchev–Trinajstić information content (AvgIpc) is 3.94. The third-order valence-electron chi connectivity index (χ3n) is 14.2. The molecule has 1 unspecified atom stereocenters. The summed E-state index contributed by atoms with van der Waals surface area (Å²) in [6, 6.07) is 25.4. The quantitative estimate of drug-likeness (QED) is 0.0169. The van der Waals surface area contributed by atoms with Gasteiger partial charge in [0.2, 0.25) is 0 Å². The lowest BCUT2D eigenvalue weighted by Gasteiger charge is -2.26. The predicted octanol–water partition coefficient (Wildman–Crippen LogP) is 11.2. The lowest BCUT2D eigenvalue weighted by Crippen LogP contribution is -2.30. The Balaban J connectivity index is 0.877. The van der Waals surface area contributed by atoms with Gasteiger partial charge in [-0.05, 0) is 187 Å². The Morgan fingerprint density at radius 1 is 0.512 bits per heavy atom. The summed E-state index contributed by atoms with van der Waals surface area (Å²) in [7, 11) is 0. The Kier molecular flexibility index (Phi) is 23.0. The minimum absolute atomic E-state index is 0.00309. The average molecular weight is 1100 g/mol. The van der Waals surface area contributed by atoms with E-state index in [0.717, 1.165) is 69.1 Å². The van der Waals surface area contributed by atoms with Crippen LogP contribution in [0.25, 0.3) is 5.76 Å². The van der Waals surface area contributed by atoms with Crippen molar-refractivity contribution in [2.45, 2.75) is 115 Å². The van der Waals surface area contributed by atoms with Crippen LogP contribution in [0, 0.1) is 23.7 Å². The second-order valence-corrected chi connectivity index (χ2v) is 20.1. The second-order valence-electron chi connectivity index (χ2n) is 20.1. The molecule has 424 valence electrons. The number of aliphatic hydroxyl groups is 2. The zero-order chi connectivity index (χ0) is 56.6. The highest BCUT2D eigenvalue weighted by molar-refractivity contribution is 5.99. The minimum Gasteiger partial charge on any atom is -0.507 e. The van der Waals surface area contributed by atoms with Crippen molar-refractivity contribution in [3.05, 3.63) is 134 Å². The number of fused-ring (bicyclic) bond motifs is 1. The number of unbranched alkanes of at least 4 members (excludes halogenated alkanes) is 6. The number of carbonyl (C=O) groups is 6. The number of benzene rings is 4. The van der Waals surface area contributed by atoms with Gasteiger partial charge in [-0.1, -0.05) is 31.4 Å². The SMILES string of the molecule is C=CC(=O)OCCCCCCOc1ccc(OC(=O)C2CCC(C(=O)Oc3ccc(OC(=O)C4CCC(C(=O)Oc5ccc(OCCCCCCOC(=O)C=C)cc5)CC4)c(/C(O)=C/C(O)C4=Nc5ccccc5C4)c3)CC2)cc1. The van der Waals surface area contributed by atoms with Crippen molar-refractivity contribution < 1.29 is 76.9 Å². The van der Waals surface area contributed by atoms with Crippen molar-refractivity contribution in [1.29, 1.82) is 0 Å². The molecule has 17 heteroatoms. The smallest absolute Gasteiger partial charge is 0.330 e. The van der Waals surface area contributed by atoms with E-state index >= 15 is 0 Å². The molecule has 2 saturated carbocycles. The van der Waals surface area contributed by atoms with Crippen LogP contribution in [0.1, 0.15) is 114 Å². The van der Waals surface area contributed by atoms with Crippen LogP contribution < -0.4 is 28.4 Å². The summed E-state index contributed by atoms with van der Waals surface area (Å²) >= 11 is 0. The van der Waals surface area contributed by atoms with Crippen molar-refractivity contribution in [1.82, 2.24) is 0 Å². The molecule has 0 radical (unpaired) electrons. The maximum absolute atomic E-state index is 13.8. The number of nitrogens with zero attached hydrogens (tertiary/aromatic N) is 1. The largest absolute Gasteiger partial charge is 0.507 e. The van der Waals surface area contributed by atoms with Crippen LogP contribution in [-0.4, -0.2) is 84.3 Å². The number of aliphatic hydroxyl groups excluding tert-OH is 2. The Morgan fingerprint density at radius 2 is 0.912 bits per heavy atom. The molecule has 4 aromatic carbocycles. The van der Waals surface area contributed by atoms with Crippen LogP contribution in [0.5, 0.6) is 34.5 Å². The first-order valence-corrected chi connectivity index (χ1v) is 27.6. The lowest BCUT2D eigenvalue weighted by molar-refractivity contribution is -0.145. The highest BCUT2D eigenvalue weighted by atomic mass is 16.6. The molecule has 3 aliphatic rings. The predicted molar refractivity (Wildman–Crippen MR) is 297 cm³/mol. The molecule has 0 spiro atoms. The summed E-state index contributed by atoms with van der Waals surface area (Å²) in [5.41, 5.74) is 2.05. The number of esters is 6. The van der Waals surface area contributed by atoms with Crippen LogP contribution in [0.15, 0.2) is 127 Å². The van der Waals surface area contributed by atoms with E-state index in [9.17, 15) is 39.0 Å². The lowest BCUT2D eigenvalue weighted by atomic mass is 9.82. The van der Waals surface area contributed by atoms with Gasteiger partial charge >= 0.3 is 35.8 Å². The summed E-state index contributed by atoms with van der Waals surface area (Å²) in [5, 5.41) is 22.8. The third-order valence-corrected chi connectivity index (χ3v) is 14.2. The maximum Gasteiger partial charge on any atom is 0.330 e. The van der Waals surface area contributed by atoms with Crippen LogP contribution in [0.2, 0.25) is 0 Å².